The molecule has 0 fully saturated rings. The molecular formula is C9H10FNO4. The van der Waals surface area contributed by atoms with Crippen molar-refractivity contribution in [2.45, 2.75) is 0 Å². The first-order valence-corrected chi connectivity index (χ1v) is 4.00. The predicted octanol–water partition coefficient (Wildman–Crippen LogP) is 1.93. The van der Waals surface area contributed by atoms with Gasteiger partial charge in [-0.05, 0) is 0 Å². The smallest absolute Gasteiger partial charge is 0.409 e. The molecule has 0 unspecified atom stereocenters. The van der Waals surface area contributed by atoms with Gasteiger partial charge in [0, 0.05) is 12.1 Å². The molecule has 0 atom stereocenters. The molecule has 1 rings (SSSR count). The minimum Gasteiger partial charge on any atom is -0.497 e. The van der Waals surface area contributed by atoms with Crippen molar-refractivity contribution in [1.82, 2.24) is 0 Å². The number of nitrogens with one attached hydrogen (secondary N) is 1. The van der Waals surface area contributed by atoms with Gasteiger partial charge in [-0.15, -0.1) is 0 Å². The fourth-order valence-corrected chi connectivity index (χ4v) is 1.06. The number of amides is 1. The summed E-state index contributed by atoms with van der Waals surface area (Å²) in [5, 5.41) is 10.4. The van der Waals surface area contributed by atoms with Crippen LogP contribution in [0.1, 0.15) is 0 Å². The first-order valence-electron chi connectivity index (χ1n) is 4.00. The topological polar surface area (TPSA) is 67.8 Å². The van der Waals surface area contributed by atoms with Crippen molar-refractivity contribution in [3.05, 3.63) is 17.9 Å². The van der Waals surface area contributed by atoms with Crippen LogP contribution in [0.2, 0.25) is 0 Å². The van der Waals surface area contributed by atoms with Crippen LogP contribution in [0.15, 0.2) is 12.1 Å². The van der Waals surface area contributed by atoms with Crippen LogP contribution in [-0.4, -0.2) is 25.4 Å². The molecular weight excluding hydrogens is 205 g/mol. The van der Waals surface area contributed by atoms with Crippen LogP contribution >= 0.6 is 0 Å². The zero-order valence-electron chi connectivity index (χ0n) is 8.20. The van der Waals surface area contributed by atoms with E-state index in [0.717, 1.165) is 6.07 Å². The monoisotopic (exact) mass is 215 g/mol. The van der Waals surface area contributed by atoms with Gasteiger partial charge in [-0.1, -0.05) is 0 Å². The Morgan fingerprint density at radius 2 is 2.07 bits per heavy atom. The third-order valence-corrected chi connectivity index (χ3v) is 1.72. The second kappa shape index (κ2) is 4.50. The second-order valence-electron chi connectivity index (χ2n) is 2.62. The number of methoxy groups -OCH3 is 2. The van der Waals surface area contributed by atoms with E-state index in [1.54, 1.807) is 0 Å². The molecule has 0 bridgehead atoms. The molecule has 0 saturated heterocycles. The molecule has 1 aromatic carbocycles. The van der Waals surface area contributed by atoms with Crippen molar-refractivity contribution < 1.29 is 23.8 Å². The van der Waals surface area contributed by atoms with Crippen LogP contribution in [-0.2, 0) is 0 Å². The Hall–Kier alpha value is -1.98. The van der Waals surface area contributed by atoms with E-state index in [4.69, 9.17) is 14.6 Å². The number of halogens is 1. The molecule has 0 aromatic heterocycles. The lowest BCUT2D eigenvalue weighted by Gasteiger charge is -2.10. The van der Waals surface area contributed by atoms with Crippen LogP contribution in [0.25, 0.3) is 0 Å². The normalized spacial score (nSPS) is 9.53. The summed E-state index contributed by atoms with van der Waals surface area (Å²) in [6.07, 6.45) is -1.36. The zero-order valence-corrected chi connectivity index (χ0v) is 8.20. The number of carboxylic acid groups (broad SMARTS) is 1. The van der Waals surface area contributed by atoms with Gasteiger partial charge in [-0.2, -0.15) is 0 Å². The molecule has 0 heterocycles. The van der Waals surface area contributed by atoms with Crippen LogP contribution in [0.5, 0.6) is 11.5 Å². The largest absolute Gasteiger partial charge is 0.497 e. The van der Waals surface area contributed by atoms with E-state index in [-0.39, 0.29) is 17.2 Å². The zero-order chi connectivity index (χ0) is 11.4. The molecule has 0 aliphatic carbocycles. The first kappa shape index (κ1) is 11.1. The highest BCUT2D eigenvalue weighted by Crippen LogP contribution is 2.32. The maximum atomic E-state index is 13.4. The van der Waals surface area contributed by atoms with Crippen molar-refractivity contribution in [1.29, 1.82) is 0 Å². The maximum absolute atomic E-state index is 13.4. The van der Waals surface area contributed by atoms with Crippen molar-refractivity contribution >= 4 is 11.8 Å². The number of ether oxygens (including phenoxy) is 2. The molecule has 5 nitrogen and oxygen atoms in total. The Bertz CT molecular complexity index is 381. The molecule has 6 heteroatoms. The van der Waals surface area contributed by atoms with Crippen molar-refractivity contribution in [3.8, 4) is 11.5 Å². The summed E-state index contributed by atoms with van der Waals surface area (Å²) in [6, 6.07) is 2.45. The van der Waals surface area contributed by atoms with Crippen LogP contribution < -0.4 is 14.8 Å². The van der Waals surface area contributed by atoms with Gasteiger partial charge in [-0.3, -0.25) is 5.32 Å². The quantitative estimate of drug-likeness (QED) is 0.808. The van der Waals surface area contributed by atoms with E-state index in [9.17, 15) is 9.18 Å². The maximum Gasteiger partial charge on any atom is 0.409 e. The minimum atomic E-state index is -1.36. The predicted molar refractivity (Wildman–Crippen MR) is 51.2 cm³/mol. The fraction of sp³-hybridized carbons (Fsp3) is 0.222. The molecule has 0 spiro atoms. The molecule has 1 amide bonds. The minimum absolute atomic E-state index is 0.0641. The molecule has 15 heavy (non-hydrogen) atoms. The summed E-state index contributed by atoms with van der Waals surface area (Å²) in [7, 11) is 2.68. The summed E-state index contributed by atoms with van der Waals surface area (Å²) >= 11 is 0. The summed E-state index contributed by atoms with van der Waals surface area (Å²) in [5.41, 5.74) is -0.231. The average Bonchev–Trinajstić information content (AvgIpc) is 2.20. The highest BCUT2D eigenvalue weighted by Gasteiger charge is 2.14. The van der Waals surface area contributed by atoms with Crippen LogP contribution in [0.4, 0.5) is 14.9 Å². The van der Waals surface area contributed by atoms with Gasteiger partial charge in [0.1, 0.15) is 17.2 Å². The second-order valence-corrected chi connectivity index (χ2v) is 2.62. The number of anilines is 1. The van der Waals surface area contributed by atoms with Gasteiger partial charge in [0.2, 0.25) is 0 Å². The lowest BCUT2D eigenvalue weighted by atomic mass is 10.2. The van der Waals surface area contributed by atoms with Crippen molar-refractivity contribution in [3.63, 3.8) is 0 Å². The average molecular weight is 215 g/mol. The Morgan fingerprint density at radius 1 is 1.40 bits per heavy atom. The summed E-state index contributed by atoms with van der Waals surface area (Å²) in [6.45, 7) is 0. The molecule has 0 saturated carbocycles. The number of hydrogen-bond acceptors (Lipinski definition) is 3. The Balaban J connectivity index is 3.18. The molecule has 0 radical (unpaired) electrons. The Labute approximate surface area is 85.4 Å². The van der Waals surface area contributed by atoms with E-state index >= 15 is 0 Å². The van der Waals surface area contributed by atoms with Crippen LogP contribution in [0.3, 0.4) is 0 Å². The third kappa shape index (κ3) is 2.49. The first-order chi connectivity index (χ1) is 7.08. The number of hydrogen-bond donors (Lipinski definition) is 2. The highest BCUT2D eigenvalue weighted by atomic mass is 19.1. The molecule has 2 N–H and O–H groups in total. The van der Waals surface area contributed by atoms with Gasteiger partial charge in [0.05, 0.1) is 14.2 Å². The third-order valence-electron chi connectivity index (χ3n) is 1.72. The number of benzene rings is 1. The van der Waals surface area contributed by atoms with Crippen molar-refractivity contribution in [2.75, 3.05) is 19.5 Å². The SMILES string of the molecule is COc1cc(F)c(NC(=O)O)c(OC)c1. The van der Waals surface area contributed by atoms with E-state index in [1.807, 2.05) is 5.32 Å². The Kier molecular flexibility index (Phi) is 3.33. The summed E-state index contributed by atoms with van der Waals surface area (Å²) < 4.78 is 23.0. The van der Waals surface area contributed by atoms with Gasteiger partial charge in [0.15, 0.2) is 5.82 Å². The lowest BCUT2D eigenvalue weighted by Crippen LogP contribution is -2.10. The molecule has 1 aromatic rings. The van der Waals surface area contributed by atoms with E-state index in [2.05, 4.69) is 0 Å². The Morgan fingerprint density at radius 3 is 2.53 bits per heavy atom. The molecule has 82 valence electrons. The fourth-order valence-electron chi connectivity index (χ4n) is 1.06. The standard InChI is InChI=1S/C9H10FNO4/c1-14-5-3-6(10)8(11-9(12)13)7(4-5)15-2/h3-4,11H,1-2H3,(H,12,13). The molecule has 0 aliphatic rings. The van der Waals surface area contributed by atoms with Crippen LogP contribution in [0, 0.1) is 5.82 Å². The lowest BCUT2D eigenvalue weighted by molar-refractivity contribution is 0.209. The van der Waals surface area contributed by atoms with E-state index < -0.39 is 11.9 Å². The van der Waals surface area contributed by atoms with E-state index in [0.29, 0.717) is 0 Å². The van der Waals surface area contributed by atoms with Gasteiger partial charge in [-0.25, -0.2) is 9.18 Å². The van der Waals surface area contributed by atoms with Crippen molar-refractivity contribution in [2.24, 2.45) is 0 Å². The highest BCUT2D eigenvalue weighted by molar-refractivity contribution is 5.85. The molecule has 0 aliphatic heterocycles. The van der Waals surface area contributed by atoms with Gasteiger partial charge >= 0.3 is 6.09 Å². The number of rotatable bonds is 3. The van der Waals surface area contributed by atoms with E-state index in [1.165, 1.54) is 20.3 Å². The van der Waals surface area contributed by atoms with Gasteiger partial charge in [0.25, 0.3) is 0 Å². The van der Waals surface area contributed by atoms with Gasteiger partial charge < -0.3 is 14.6 Å². The number of carbonyl (C=O) groups is 1. The summed E-state index contributed by atoms with van der Waals surface area (Å²) in [5.74, 6) is -0.442. The summed E-state index contributed by atoms with van der Waals surface area (Å²) in [4.78, 5) is 10.4.